The van der Waals surface area contributed by atoms with Crippen LogP contribution in [-0.2, 0) is 0 Å². The molecular formula is C49H29N3. The molecule has 12 rings (SSSR count). The van der Waals surface area contributed by atoms with Crippen molar-refractivity contribution in [2.45, 2.75) is 0 Å². The molecule has 3 heteroatoms. The van der Waals surface area contributed by atoms with Gasteiger partial charge in [-0.1, -0.05) is 121 Å². The molecule has 0 saturated heterocycles. The van der Waals surface area contributed by atoms with E-state index >= 15 is 0 Å². The maximum Gasteiger partial charge on any atom is 0.146 e. The lowest BCUT2D eigenvalue weighted by Crippen LogP contribution is -2.00. The van der Waals surface area contributed by atoms with Gasteiger partial charge in [-0.2, -0.15) is 0 Å². The lowest BCUT2D eigenvalue weighted by Gasteiger charge is -2.13. The number of hydrogen-bond donors (Lipinski definition) is 0. The fourth-order valence-electron chi connectivity index (χ4n) is 8.98. The van der Waals surface area contributed by atoms with Crippen LogP contribution in [-0.4, -0.2) is 14.1 Å². The van der Waals surface area contributed by atoms with Crippen LogP contribution in [0.1, 0.15) is 0 Å². The standard InChI is InChI=1S/C49H29N3/c1-2-11-31-26-35(23-20-30(31)10-1)51-43-18-7-5-14-37(43)41-27-32(21-24-45(41)51)33-22-25-46-42(28-33)38-15-6-8-19-44(38)52(46)49-48-40-16-4-3-13-36(40)39-17-9-12-34(29-50-49)47(39)48/h1-29H. The molecule has 0 N–H and O–H groups in total. The minimum atomic E-state index is 0.978. The SMILES string of the molecule is c1ccc2c(c1)-c1cccc3cnc(-n4c5ccccc5c5cc(-c6ccc7c(c6)c6ccccc6n7-c6ccc7ccccc7c6)ccc54)c-2c13. The van der Waals surface area contributed by atoms with Crippen LogP contribution in [0.15, 0.2) is 176 Å². The van der Waals surface area contributed by atoms with E-state index in [1.165, 1.54) is 93.2 Å². The summed E-state index contributed by atoms with van der Waals surface area (Å²) in [4.78, 5) is 5.20. The largest absolute Gasteiger partial charge is 0.309 e. The van der Waals surface area contributed by atoms with Crippen LogP contribution >= 0.6 is 0 Å². The molecule has 1 aliphatic rings. The van der Waals surface area contributed by atoms with Gasteiger partial charge < -0.3 is 4.57 Å². The predicted octanol–water partition coefficient (Wildman–Crippen LogP) is 12.9. The van der Waals surface area contributed by atoms with E-state index in [1.54, 1.807) is 0 Å². The number of rotatable bonds is 3. The highest BCUT2D eigenvalue weighted by atomic mass is 15.1. The predicted molar refractivity (Wildman–Crippen MR) is 218 cm³/mol. The molecule has 0 aliphatic heterocycles. The van der Waals surface area contributed by atoms with Crippen LogP contribution in [0.2, 0.25) is 0 Å². The zero-order valence-electron chi connectivity index (χ0n) is 28.1. The van der Waals surface area contributed by atoms with Crippen LogP contribution in [0.3, 0.4) is 0 Å². The van der Waals surface area contributed by atoms with Gasteiger partial charge in [-0.15, -0.1) is 0 Å². The Hall–Kier alpha value is -6.97. The van der Waals surface area contributed by atoms with E-state index in [0.717, 1.165) is 16.9 Å². The molecule has 240 valence electrons. The van der Waals surface area contributed by atoms with Crippen molar-refractivity contribution in [3.8, 4) is 44.9 Å². The molecule has 0 spiro atoms. The summed E-state index contributed by atoms with van der Waals surface area (Å²) in [6.07, 6.45) is 2.04. The van der Waals surface area contributed by atoms with Gasteiger partial charge in [0, 0.05) is 49.8 Å². The highest BCUT2D eigenvalue weighted by molar-refractivity contribution is 6.19. The first-order chi connectivity index (χ1) is 25.8. The van der Waals surface area contributed by atoms with Gasteiger partial charge in [-0.25, -0.2) is 4.98 Å². The van der Waals surface area contributed by atoms with Crippen molar-refractivity contribution >= 4 is 65.2 Å². The Morgan fingerprint density at radius 1 is 0.365 bits per heavy atom. The quantitative estimate of drug-likeness (QED) is 0.185. The van der Waals surface area contributed by atoms with Crippen molar-refractivity contribution < 1.29 is 0 Å². The summed E-state index contributed by atoms with van der Waals surface area (Å²) in [5, 5.41) is 9.91. The third-order valence-electron chi connectivity index (χ3n) is 11.3. The van der Waals surface area contributed by atoms with Gasteiger partial charge in [0.1, 0.15) is 5.82 Å². The van der Waals surface area contributed by atoms with Crippen LogP contribution < -0.4 is 0 Å². The second kappa shape index (κ2) is 10.3. The van der Waals surface area contributed by atoms with E-state index in [0.29, 0.717) is 0 Å². The van der Waals surface area contributed by atoms with Crippen molar-refractivity contribution in [1.82, 2.24) is 14.1 Å². The monoisotopic (exact) mass is 659 g/mol. The first-order valence-electron chi connectivity index (χ1n) is 17.9. The fraction of sp³-hybridized carbons (Fsp3) is 0. The first kappa shape index (κ1) is 27.8. The van der Waals surface area contributed by atoms with E-state index in [9.17, 15) is 0 Å². The van der Waals surface area contributed by atoms with Crippen molar-refractivity contribution in [3.63, 3.8) is 0 Å². The fourth-order valence-corrected chi connectivity index (χ4v) is 8.98. The average Bonchev–Trinajstić information content (AvgIpc) is 3.85. The Bertz CT molecular complexity index is 3300. The number of para-hydroxylation sites is 2. The molecule has 0 amide bonds. The number of benzene rings is 8. The Kier molecular flexibility index (Phi) is 5.50. The molecule has 3 heterocycles. The van der Waals surface area contributed by atoms with Gasteiger partial charge in [0.25, 0.3) is 0 Å². The molecule has 3 aromatic heterocycles. The zero-order chi connectivity index (χ0) is 33.9. The number of nitrogens with zero attached hydrogens (tertiary/aromatic N) is 3. The van der Waals surface area contributed by atoms with Crippen LogP contribution in [0, 0.1) is 0 Å². The number of pyridine rings is 1. The molecular weight excluding hydrogens is 631 g/mol. The molecule has 0 unspecified atom stereocenters. The Morgan fingerprint density at radius 2 is 0.942 bits per heavy atom. The molecule has 0 bridgehead atoms. The van der Waals surface area contributed by atoms with Crippen molar-refractivity contribution in [3.05, 3.63) is 176 Å². The van der Waals surface area contributed by atoms with E-state index < -0.39 is 0 Å². The maximum atomic E-state index is 5.20. The summed E-state index contributed by atoms with van der Waals surface area (Å²) in [5.41, 5.74) is 13.3. The molecule has 3 nitrogen and oxygen atoms in total. The third kappa shape index (κ3) is 3.72. The lowest BCUT2D eigenvalue weighted by molar-refractivity contribution is 1.09. The van der Waals surface area contributed by atoms with Crippen molar-refractivity contribution in [2.24, 2.45) is 0 Å². The lowest BCUT2D eigenvalue weighted by atomic mass is 10.0. The van der Waals surface area contributed by atoms with Crippen LogP contribution in [0.25, 0.3) is 110 Å². The smallest absolute Gasteiger partial charge is 0.146 e. The Labute approximate surface area is 299 Å². The number of hydrogen-bond acceptors (Lipinski definition) is 1. The Morgan fingerprint density at radius 3 is 1.71 bits per heavy atom. The van der Waals surface area contributed by atoms with E-state index in [2.05, 4.69) is 179 Å². The molecule has 0 atom stereocenters. The molecule has 52 heavy (non-hydrogen) atoms. The second-order valence-corrected chi connectivity index (χ2v) is 14.0. The molecule has 0 radical (unpaired) electrons. The van der Waals surface area contributed by atoms with Gasteiger partial charge in [-0.05, 0) is 87.1 Å². The maximum absolute atomic E-state index is 5.20. The van der Waals surface area contributed by atoms with Crippen LogP contribution in [0.4, 0.5) is 0 Å². The summed E-state index contributed by atoms with van der Waals surface area (Å²) in [6.45, 7) is 0. The molecule has 11 aromatic rings. The van der Waals surface area contributed by atoms with E-state index in [-0.39, 0.29) is 0 Å². The van der Waals surface area contributed by atoms with Gasteiger partial charge in [0.05, 0.1) is 22.1 Å². The topological polar surface area (TPSA) is 22.8 Å². The molecule has 8 aromatic carbocycles. The zero-order valence-corrected chi connectivity index (χ0v) is 28.1. The minimum absolute atomic E-state index is 0.978. The average molecular weight is 660 g/mol. The third-order valence-corrected chi connectivity index (χ3v) is 11.3. The summed E-state index contributed by atoms with van der Waals surface area (Å²) >= 11 is 0. The summed E-state index contributed by atoms with van der Waals surface area (Å²) in [7, 11) is 0. The van der Waals surface area contributed by atoms with Gasteiger partial charge >= 0.3 is 0 Å². The molecule has 0 saturated carbocycles. The van der Waals surface area contributed by atoms with Gasteiger partial charge in [0.15, 0.2) is 0 Å². The molecule has 0 fully saturated rings. The normalized spacial score (nSPS) is 12.2. The van der Waals surface area contributed by atoms with Crippen molar-refractivity contribution in [1.29, 1.82) is 0 Å². The van der Waals surface area contributed by atoms with Gasteiger partial charge in [0.2, 0.25) is 0 Å². The summed E-state index contributed by atoms with van der Waals surface area (Å²) < 4.78 is 4.78. The molecule has 1 aliphatic carbocycles. The minimum Gasteiger partial charge on any atom is -0.309 e. The van der Waals surface area contributed by atoms with Gasteiger partial charge in [-0.3, -0.25) is 4.57 Å². The highest BCUT2D eigenvalue weighted by Crippen LogP contribution is 2.50. The second-order valence-electron chi connectivity index (χ2n) is 14.0. The van der Waals surface area contributed by atoms with Crippen LogP contribution in [0.5, 0.6) is 0 Å². The number of fused-ring (bicyclic) bond motifs is 10. The first-order valence-corrected chi connectivity index (χ1v) is 17.9. The summed E-state index contributed by atoms with van der Waals surface area (Å²) in [5.74, 6) is 0.978. The van der Waals surface area contributed by atoms with E-state index in [1.807, 2.05) is 6.20 Å². The highest BCUT2D eigenvalue weighted by Gasteiger charge is 2.27. The van der Waals surface area contributed by atoms with E-state index in [4.69, 9.17) is 4.98 Å². The summed E-state index contributed by atoms with van der Waals surface area (Å²) in [6, 6.07) is 62.1. The van der Waals surface area contributed by atoms with Crippen molar-refractivity contribution in [2.75, 3.05) is 0 Å². The number of aromatic nitrogens is 3. The Balaban J connectivity index is 1.07.